The Bertz CT molecular complexity index is 973. The Morgan fingerprint density at radius 1 is 1.06 bits per heavy atom. The van der Waals surface area contributed by atoms with Crippen LogP contribution in [-0.2, 0) is 16.1 Å². The third-order valence-corrected chi connectivity index (χ3v) is 7.35. The fraction of sp³-hybridized carbons (Fsp3) is 0.609. The molecule has 0 aliphatic carbocycles. The topological polar surface area (TPSA) is 85.0 Å². The van der Waals surface area contributed by atoms with Gasteiger partial charge < -0.3 is 15.1 Å². The summed E-state index contributed by atoms with van der Waals surface area (Å²) in [7, 11) is 0. The number of hydrogen-bond donors (Lipinski definition) is 2. The summed E-state index contributed by atoms with van der Waals surface area (Å²) in [5, 5.41) is 5.45. The van der Waals surface area contributed by atoms with Gasteiger partial charge in [0.05, 0.1) is 12.2 Å². The summed E-state index contributed by atoms with van der Waals surface area (Å²) < 4.78 is 30.5. The molecule has 5 rings (SSSR count). The van der Waals surface area contributed by atoms with Crippen LogP contribution in [0.5, 0.6) is 0 Å². The summed E-state index contributed by atoms with van der Waals surface area (Å²) in [5.41, 5.74) is -0.165. The van der Waals surface area contributed by atoms with Gasteiger partial charge in [-0.25, -0.2) is 8.78 Å². The van der Waals surface area contributed by atoms with Crippen LogP contribution in [-0.4, -0.2) is 85.0 Å². The second-order valence-corrected chi connectivity index (χ2v) is 9.49. The minimum absolute atomic E-state index is 0.0124. The third kappa shape index (κ3) is 4.21. The number of amides is 3. The molecule has 4 heterocycles. The molecule has 3 saturated heterocycles. The van der Waals surface area contributed by atoms with Gasteiger partial charge in [0.15, 0.2) is 5.82 Å². The van der Waals surface area contributed by atoms with E-state index in [2.05, 4.69) is 15.5 Å². The van der Waals surface area contributed by atoms with E-state index in [1.807, 2.05) is 4.90 Å². The van der Waals surface area contributed by atoms with Gasteiger partial charge in [0.25, 0.3) is 5.91 Å². The van der Waals surface area contributed by atoms with Gasteiger partial charge in [-0.1, -0.05) is 0 Å². The van der Waals surface area contributed by atoms with Crippen LogP contribution in [0, 0.1) is 5.82 Å². The number of rotatable bonds is 4. The number of fused-ring (bicyclic) bond motifs is 1. The molecule has 1 aromatic carbocycles. The van der Waals surface area contributed by atoms with Gasteiger partial charge in [-0.15, -0.1) is 0 Å². The van der Waals surface area contributed by atoms with E-state index in [-0.39, 0.29) is 36.8 Å². The highest BCUT2D eigenvalue weighted by Gasteiger charge is 2.41. The van der Waals surface area contributed by atoms with Gasteiger partial charge in [0.1, 0.15) is 11.7 Å². The first-order chi connectivity index (χ1) is 15.8. The van der Waals surface area contributed by atoms with Crippen molar-refractivity contribution in [2.45, 2.75) is 43.9 Å². The molecular formula is C23H29F2N5O3. The first-order valence-electron chi connectivity index (χ1n) is 11.7. The van der Waals surface area contributed by atoms with Crippen molar-refractivity contribution in [2.75, 3.05) is 50.7 Å². The van der Waals surface area contributed by atoms with Crippen LogP contribution in [0.4, 0.5) is 14.5 Å². The van der Waals surface area contributed by atoms with E-state index in [9.17, 15) is 14.4 Å². The molecule has 1 atom stereocenters. The SMILES string of the molecule is O=C1CCC(N2Cc3c(ccc(N4CCN(CC5(F)CCNCC5)CC4)c3F)C2=O)C(=O)N1. The molecule has 0 radical (unpaired) electrons. The van der Waals surface area contributed by atoms with Crippen LogP contribution in [0.25, 0.3) is 0 Å². The number of benzene rings is 1. The lowest BCUT2D eigenvalue weighted by atomic mass is 9.93. The highest BCUT2D eigenvalue weighted by atomic mass is 19.1. The number of anilines is 1. The molecule has 1 aromatic rings. The Kier molecular flexibility index (Phi) is 5.82. The predicted octanol–water partition coefficient (Wildman–Crippen LogP) is 0.800. The van der Waals surface area contributed by atoms with E-state index in [4.69, 9.17) is 0 Å². The zero-order valence-corrected chi connectivity index (χ0v) is 18.5. The third-order valence-electron chi connectivity index (χ3n) is 7.35. The van der Waals surface area contributed by atoms with E-state index in [0.29, 0.717) is 69.9 Å². The Morgan fingerprint density at radius 2 is 1.79 bits per heavy atom. The first kappa shape index (κ1) is 22.2. The molecule has 178 valence electrons. The van der Waals surface area contributed by atoms with E-state index >= 15 is 8.78 Å². The second kappa shape index (κ2) is 8.64. The molecular weight excluding hydrogens is 432 g/mol. The standard InChI is InChI=1S/C23H29F2N5O3/c24-20-16-13-30(18-3-4-19(31)27-21(18)32)22(33)15(16)1-2-17(20)29-11-9-28(10-12-29)14-23(25)5-7-26-8-6-23/h1-2,18,26H,3-14H2,(H,27,31,32). The molecule has 0 saturated carbocycles. The van der Waals surface area contributed by atoms with Crippen LogP contribution >= 0.6 is 0 Å². The number of imide groups is 1. The number of carbonyl (C=O) groups excluding carboxylic acids is 3. The van der Waals surface area contributed by atoms with Crippen molar-refractivity contribution in [3.05, 3.63) is 29.1 Å². The largest absolute Gasteiger partial charge is 0.367 e. The number of piperidine rings is 2. The van der Waals surface area contributed by atoms with E-state index in [1.54, 1.807) is 12.1 Å². The minimum Gasteiger partial charge on any atom is -0.367 e. The van der Waals surface area contributed by atoms with Crippen molar-refractivity contribution in [3.63, 3.8) is 0 Å². The average molecular weight is 462 g/mol. The average Bonchev–Trinajstić information content (AvgIpc) is 3.12. The molecule has 4 aliphatic rings. The summed E-state index contributed by atoms with van der Waals surface area (Å²) in [5.74, 6) is -1.69. The fourth-order valence-corrected chi connectivity index (χ4v) is 5.42. The monoisotopic (exact) mass is 461 g/mol. The van der Waals surface area contributed by atoms with Gasteiger partial charge >= 0.3 is 0 Å². The molecule has 3 fully saturated rings. The fourth-order valence-electron chi connectivity index (χ4n) is 5.42. The maximum atomic E-state index is 15.5. The summed E-state index contributed by atoms with van der Waals surface area (Å²) in [4.78, 5) is 41.9. The van der Waals surface area contributed by atoms with Gasteiger partial charge in [-0.05, 0) is 44.5 Å². The second-order valence-electron chi connectivity index (χ2n) is 9.49. The maximum absolute atomic E-state index is 15.5. The quantitative estimate of drug-likeness (QED) is 0.646. The van der Waals surface area contributed by atoms with Crippen LogP contribution in [0.3, 0.4) is 0 Å². The van der Waals surface area contributed by atoms with Crippen LogP contribution in [0.1, 0.15) is 41.6 Å². The smallest absolute Gasteiger partial charge is 0.255 e. The summed E-state index contributed by atoms with van der Waals surface area (Å²) in [6.45, 7) is 4.28. The highest BCUT2D eigenvalue weighted by molar-refractivity contribution is 6.05. The first-order valence-corrected chi connectivity index (χ1v) is 11.7. The van der Waals surface area contributed by atoms with E-state index < -0.39 is 23.4 Å². The number of halogens is 2. The van der Waals surface area contributed by atoms with E-state index in [1.165, 1.54) is 4.90 Å². The van der Waals surface area contributed by atoms with Crippen molar-refractivity contribution in [1.29, 1.82) is 0 Å². The highest BCUT2D eigenvalue weighted by Crippen LogP contribution is 2.34. The number of hydrogen-bond acceptors (Lipinski definition) is 6. The number of carbonyl (C=O) groups is 3. The molecule has 33 heavy (non-hydrogen) atoms. The molecule has 1 unspecified atom stereocenters. The lowest BCUT2D eigenvalue weighted by Gasteiger charge is -2.40. The summed E-state index contributed by atoms with van der Waals surface area (Å²) >= 11 is 0. The Hall–Kier alpha value is -2.59. The molecule has 3 amide bonds. The van der Waals surface area contributed by atoms with E-state index in [0.717, 1.165) is 0 Å². The minimum atomic E-state index is -1.16. The van der Waals surface area contributed by atoms with Crippen molar-refractivity contribution in [2.24, 2.45) is 0 Å². The molecule has 2 N–H and O–H groups in total. The van der Waals surface area contributed by atoms with Crippen molar-refractivity contribution >= 4 is 23.4 Å². The zero-order valence-electron chi connectivity index (χ0n) is 18.5. The predicted molar refractivity (Wildman–Crippen MR) is 117 cm³/mol. The molecule has 0 spiro atoms. The Balaban J connectivity index is 1.25. The van der Waals surface area contributed by atoms with Crippen LogP contribution in [0.2, 0.25) is 0 Å². The van der Waals surface area contributed by atoms with Gasteiger partial charge in [0.2, 0.25) is 11.8 Å². The Labute approximate surface area is 191 Å². The number of piperazine rings is 1. The Morgan fingerprint density at radius 3 is 2.48 bits per heavy atom. The molecule has 0 aromatic heterocycles. The molecule has 8 nitrogen and oxygen atoms in total. The molecule has 0 bridgehead atoms. The van der Waals surface area contributed by atoms with Crippen molar-refractivity contribution in [3.8, 4) is 0 Å². The van der Waals surface area contributed by atoms with Crippen LogP contribution < -0.4 is 15.5 Å². The lowest BCUT2D eigenvalue weighted by Crippen LogP contribution is -2.53. The van der Waals surface area contributed by atoms with Gasteiger partial charge in [-0.2, -0.15) is 0 Å². The molecule has 10 heteroatoms. The van der Waals surface area contributed by atoms with Crippen molar-refractivity contribution in [1.82, 2.24) is 20.4 Å². The normalized spacial score (nSPS) is 25.9. The van der Waals surface area contributed by atoms with Crippen molar-refractivity contribution < 1.29 is 23.2 Å². The zero-order chi connectivity index (χ0) is 23.2. The number of nitrogens with one attached hydrogen (secondary N) is 2. The van der Waals surface area contributed by atoms with Gasteiger partial charge in [-0.3, -0.25) is 24.6 Å². The summed E-state index contributed by atoms with van der Waals surface area (Å²) in [6, 6.07) is 2.48. The number of alkyl halides is 1. The van der Waals surface area contributed by atoms with Crippen LogP contribution in [0.15, 0.2) is 12.1 Å². The molecule has 4 aliphatic heterocycles. The van der Waals surface area contributed by atoms with Gasteiger partial charge in [0, 0.05) is 50.3 Å². The maximum Gasteiger partial charge on any atom is 0.255 e. The number of nitrogens with zero attached hydrogens (tertiary/aromatic N) is 3. The summed E-state index contributed by atoms with van der Waals surface area (Å²) in [6.07, 6.45) is 1.44. The lowest BCUT2D eigenvalue weighted by molar-refractivity contribution is -0.136.